The van der Waals surface area contributed by atoms with Gasteiger partial charge in [0, 0.05) is 37.7 Å². The number of hydrogen-bond donors (Lipinski definition) is 0. The van der Waals surface area contributed by atoms with E-state index in [0.717, 1.165) is 11.3 Å². The number of hydrogen-bond acceptors (Lipinski definition) is 5. The normalized spacial score (nSPS) is 22.4. The van der Waals surface area contributed by atoms with Crippen LogP contribution >= 0.6 is 0 Å². The number of Topliss-reactive ketones (excluding diaryl/α,β-unsaturated/α-hetero) is 2. The smallest absolute Gasteiger partial charge is 0.269 e. The van der Waals surface area contributed by atoms with Gasteiger partial charge < -0.3 is 4.90 Å². The fourth-order valence-electron chi connectivity index (χ4n) is 5.09. The van der Waals surface area contributed by atoms with Gasteiger partial charge in [0.15, 0.2) is 0 Å². The summed E-state index contributed by atoms with van der Waals surface area (Å²) in [6.45, 7) is 3.89. The van der Waals surface area contributed by atoms with Gasteiger partial charge in [-0.15, -0.1) is 0 Å². The number of anilines is 1. The molecule has 0 bridgehead atoms. The van der Waals surface area contributed by atoms with Crippen molar-refractivity contribution in [1.82, 2.24) is 0 Å². The van der Waals surface area contributed by atoms with Crippen molar-refractivity contribution in [2.75, 3.05) is 11.9 Å². The maximum absolute atomic E-state index is 13.6. The van der Waals surface area contributed by atoms with Crippen molar-refractivity contribution in [1.29, 1.82) is 0 Å². The lowest BCUT2D eigenvalue weighted by atomic mass is 9.56. The van der Waals surface area contributed by atoms with Crippen LogP contribution in [0.2, 0.25) is 0 Å². The number of rotatable bonds is 2. The first-order valence-electron chi connectivity index (χ1n) is 9.77. The van der Waals surface area contributed by atoms with Crippen LogP contribution < -0.4 is 4.90 Å². The third kappa shape index (κ3) is 2.94. The summed E-state index contributed by atoms with van der Waals surface area (Å²) in [5.74, 6) is -0.145. The highest BCUT2D eigenvalue weighted by Crippen LogP contribution is 2.55. The predicted octanol–water partition coefficient (Wildman–Crippen LogP) is 4.27. The first kappa shape index (κ1) is 19.3. The largest absolute Gasteiger partial charge is 0.366 e. The molecule has 29 heavy (non-hydrogen) atoms. The minimum atomic E-state index is -1.23. The van der Waals surface area contributed by atoms with Gasteiger partial charge in [0.2, 0.25) is 0 Å². The molecule has 150 valence electrons. The fraction of sp³-hybridized carbons (Fsp3) is 0.391. The molecule has 1 aliphatic heterocycles. The van der Waals surface area contributed by atoms with Crippen LogP contribution in [0.25, 0.3) is 0 Å². The number of fused-ring (bicyclic) bond motifs is 1. The number of carbonyl (C=O) groups is 2. The van der Waals surface area contributed by atoms with E-state index < -0.39 is 16.4 Å². The molecule has 2 aliphatic rings. The van der Waals surface area contributed by atoms with Gasteiger partial charge in [0.25, 0.3) is 5.69 Å². The van der Waals surface area contributed by atoms with Crippen molar-refractivity contribution in [2.45, 2.75) is 39.2 Å². The lowest BCUT2D eigenvalue weighted by Crippen LogP contribution is -2.58. The molecule has 1 spiro atoms. The molecule has 1 aliphatic carbocycles. The van der Waals surface area contributed by atoms with Crippen LogP contribution in [0.5, 0.6) is 0 Å². The van der Waals surface area contributed by atoms with Crippen LogP contribution in [-0.4, -0.2) is 23.5 Å². The van der Waals surface area contributed by atoms with Crippen molar-refractivity contribution in [3.8, 4) is 0 Å². The van der Waals surface area contributed by atoms with Gasteiger partial charge in [0.1, 0.15) is 17.0 Å². The summed E-state index contributed by atoms with van der Waals surface area (Å²) in [5.41, 5.74) is 0.772. The van der Waals surface area contributed by atoms with Crippen LogP contribution in [-0.2, 0) is 16.0 Å². The highest BCUT2D eigenvalue weighted by Gasteiger charge is 2.59. The Kier molecular flexibility index (Phi) is 4.33. The molecule has 0 amide bonds. The molecular formula is C23H24N2O4. The van der Waals surface area contributed by atoms with E-state index in [1.54, 1.807) is 6.07 Å². The van der Waals surface area contributed by atoms with Crippen LogP contribution in [0.3, 0.4) is 0 Å². The van der Waals surface area contributed by atoms with E-state index in [1.165, 1.54) is 12.1 Å². The van der Waals surface area contributed by atoms with E-state index in [4.69, 9.17) is 0 Å². The van der Waals surface area contributed by atoms with Crippen LogP contribution in [0.4, 0.5) is 11.4 Å². The molecular weight excluding hydrogens is 368 g/mol. The van der Waals surface area contributed by atoms with Crippen molar-refractivity contribution in [3.05, 3.63) is 69.8 Å². The van der Waals surface area contributed by atoms with Crippen molar-refractivity contribution < 1.29 is 14.5 Å². The number of carbonyl (C=O) groups excluding carboxylic acids is 2. The fourth-order valence-corrected chi connectivity index (χ4v) is 5.09. The van der Waals surface area contributed by atoms with Crippen molar-refractivity contribution >= 4 is 22.9 Å². The third-order valence-corrected chi connectivity index (χ3v) is 6.37. The van der Waals surface area contributed by atoms with E-state index in [2.05, 4.69) is 0 Å². The van der Waals surface area contributed by atoms with Crippen LogP contribution in [0.1, 0.15) is 43.9 Å². The zero-order valence-electron chi connectivity index (χ0n) is 16.8. The maximum Gasteiger partial charge on any atom is 0.269 e. The molecule has 0 N–H and O–H groups in total. The lowest BCUT2D eigenvalue weighted by molar-refractivity contribution is -0.384. The second-order valence-electron chi connectivity index (χ2n) is 9.01. The summed E-state index contributed by atoms with van der Waals surface area (Å²) in [7, 11) is 1.86. The molecule has 2 aromatic rings. The number of nitro groups is 1. The van der Waals surface area contributed by atoms with Crippen molar-refractivity contribution in [2.24, 2.45) is 10.8 Å². The first-order chi connectivity index (χ1) is 13.7. The van der Waals surface area contributed by atoms with E-state index in [-0.39, 0.29) is 29.1 Å². The zero-order chi connectivity index (χ0) is 21.0. The highest BCUT2D eigenvalue weighted by atomic mass is 16.6. The highest BCUT2D eigenvalue weighted by molar-refractivity contribution is 6.11. The van der Waals surface area contributed by atoms with Crippen LogP contribution in [0, 0.1) is 20.9 Å². The average molecular weight is 392 g/mol. The average Bonchev–Trinajstić information content (AvgIpc) is 2.66. The Bertz CT molecular complexity index is 993. The summed E-state index contributed by atoms with van der Waals surface area (Å²) in [6.07, 6.45) is 0.835. The molecule has 4 rings (SSSR count). The number of nitrogens with zero attached hydrogens (tertiary/aromatic N) is 2. The predicted molar refractivity (Wildman–Crippen MR) is 110 cm³/mol. The molecule has 6 heteroatoms. The standard InChI is InChI=1S/C23H24N2O4/c1-22(2)13-19(26)23(20(27)14-22)12-16-11-17(25(28)29)9-10-18(16)24(3)21(23)15-7-5-4-6-8-15/h4-11,21H,12-14H2,1-3H3/t21-/m0/s1. The molecule has 6 nitrogen and oxygen atoms in total. The Hall–Kier alpha value is -3.02. The van der Waals surface area contributed by atoms with Gasteiger partial charge in [-0.3, -0.25) is 19.7 Å². The van der Waals surface area contributed by atoms with E-state index in [9.17, 15) is 19.7 Å². The minimum absolute atomic E-state index is 0.0264. The quantitative estimate of drug-likeness (QED) is 0.433. The van der Waals surface area contributed by atoms with Crippen molar-refractivity contribution in [3.63, 3.8) is 0 Å². The molecule has 0 radical (unpaired) electrons. The number of nitro benzene ring substituents is 1. The molecule has 0 unspecified atom stereocenters. The van der Waals surface area contributed by atoms with Gasteiger partial charge in [-0.1, -0.05) is 44.2 Å². The summed E-state index contributed by atoms with van der Waals surface area (Å²) in [4.78, 5) is 40.0. The summed E-state index contributed by atoms with van der Waals surface area (Å²) in [5, 5.41) is 11.3. The lowest BCUT2D eigenvalue weighted by Gasteiger charge is -2.52. The molecule has 0 saturated heterocycles. The summed E-state index contributed by atoms with van der Waals surface area (Å²) in [6, 6.07) is 13.9. The second kappa shape index (κ2) is 6.51. The molecule has 1 heterocycles. The Balaban J connectivity index is 1.94. The molecule has 0 aromatic heterocycles. The van der Waals surface area contributed by atoms with E-state index >= 15 is 0 Å². The van der Waals surface area contributed by atoms with Gasteiger partial charge in [-0.05, 0) is 29.0 Å². The summed E-state index contributed by atoms with van der Waals surface area (Å²) >= 11 is 0. The van der Waals surface area contributed by atoms with Gasteiger partial charge in [-0.2, -0.15) is 0 Å². The first-order valence-corrected chi connectivity index (χ1v) is 9.77. The molecule has 1 saturated carbocycles. The number of non-ortho nitro benzene ring substituents is 1. The summed E-state index contributed by atoms with van der Waals surface area (Å²) < 4.78 is 0. The minimum Gasteiger partial charge on any atom is -0.366 e. The van der Waals surface area contributed by atoms with Gasteiger partial charge in [-0.25, -0.2) is 0 Å². The molecule has 1 atom stereocenters. The Morgan fingerprint density at radius 1 is 1.00 bits per heavy atom. The second-order valence-corrected chi connectivity index (χ2v) is 9.01. The van der Waals surface area contributed by atoms with Gasteiger partial charge >= 0.3 is 0 Å². The maximum atomic E-state index is 13.6. The third-order valence-electron chi connectivity index (χ3n) is 6.37. The molecule has 2 aromatic carbocycles. The Morgan fingerprint density at radius 2 is 1.62 bits per heavy atom. The van der Waals surface area contributed by atoms with Gasteiger partial charge in [0.05, 0.1) is 11.0 Å². The Morgan fingerprint density at radius 3 is 2.21 bits per heavy atom. The molecule has 1 fully saturated rings. The topological polar surface area (TPSA) is 80.5 Å². The SMILES string of the molecule is CN1c2ccc([N+](=O)[O-])cc2CC2(C(=O)CC(C)(C)CC2=O)[C@@H]1c1ccccc1. The van der Waals surface area contributed by atoms with E-state index in [1.807, 2.05) is 56.1 Å². The number of ketones is 2. The zero-order valence-corrected chi connectivity index (χ0v) is 16.8. The van der Waals surface area contributed by atoms with Crippen LogP contribution in [0.15, 0.2) is 48.5 Å². The Labute approximate surface area is 169 Å². The monoisotopic (exact) mass is 392 g/mol. The number of benzene rings is 2. The van der Waals surface area contributed by atoms with E-state index in [0.29, 0.717) is 18.4 Å².